The smallest absolute Gasteiger partial charge is 0.407 e. The minimum absolute atomic E-state index is 0.0763. The summed E-state index contributed by atoms with van der Waals surface area (Å²) in [6.07, 6.45) is -0.659. The second kappa shape index (κ2) is 9.02. The van der Waals surface area contributed by atoms with Gasteiger partial charge in [-0.3, -0.25) is 9.59 Å². The molecule has 2 aliphatic rings. The van der Waals surface area contributed by atoms with E-state index in [0.29, 0.717) is 6.54 Å². The van der Waals surface area contributed by atoms with E-state index in [-0.39, 0.29) is 30.9 Å². The van der Waals surface area contributed by atoms with Crippen LogP contribution in [0, 0.1) is 16.7 Å². The van der Waals surface area contributed by atoms with E-state index >= 15 is 0 Å². The number of amides is 2. The first-order chi connectivity index (χ1) is 16.4. The van der Waals surface area contributed by atoms with Crippen molar-refractivity contribution in [2.45, 2.75) is 46.6 Å². The first-order valence-electron chi connectivity index (χ1n) is 12.1. The summed E-state index contributed by atoms with van der Waals surface area (Å²) in [7, 11) is 0. The van der Waals surface area contributed by atoms with E-state index in [1.165, 1.54) is 0 Å². The molecule has 1 aliphatic heterocycles. The normalized spacial score (nSPS) is 22.3. The molecule has 1 heterocycles. The second-order valence-corrected chi connectivity index (χ2v) is 11.1. The molecule has 1 aliphatic carbocycles. The van der Waals surface area contributed by atoms with Crippen LogP contribution in [-0.4, -0.2) is 53.7 Å². The number of nitrogens with one attached hydrogen (secondary N) is 1. The van der Waals surface area contributed by atoms with Crippen molar-refractivity contribution in [3.63, 3.8) is 0 Å². The Labute approximate surface area is 206 Å². The van der Waals surface area contributed by atoms with Gasteiger partial charge in [0.25, 0.3) is 0 Å². The summed E-state index contributed by atoms with van der Waals surface area (Å²) in [5.41, 5.74) is 2.91. The van der Waals surface area contributed by atoms with Crippen LogP contribution in [0.25, 0.3) is 11.1 Å². The zero-order valence-electron chi connectivity index (χ0n) is 21.0. The molecule has 0 aromatic heterocycles. The van der Waals surface area contributed by atoms with Gasteiger partial charge in [-0.25, -0.2) is 4.79 Å². The minimum atomic E-state index is -1.01. The van der Waals surface area contributed by atoms with Crippen molar-refractivity contribution in [2.24, 2.45) is 16.7 Å². The van der Waals surface area contributed by atoms with Crippen molar-refractivity contribution >= 4 is 18.0 Å². The van der Waals surface area contributed by atoms with Crippen molar-refractivity contribution in [3.05, 3.63) is 59.7 Å². The van der Waals surface area contributed by atoms with Crippen LogP contribution in [0.1, 0.15) is 51.7 Å². The second-order valence-electron chi connectivity index (χ2n) is 11.1. The quantitative estimate of drug-likeness (QED) is 0.659. The van der Waals surface area contributed by atoms with E-state index in [0.717, 1.165) is 22.3 Å². The van der Waals surface area contributed by atoms with E-state index in [1.54, 1.807) is 11.8 Å². The number of carboxylic acids is 1. The zero-order valence-corrected chi connectivity index (χ0v) is 21.0. The highest BCUT2D eigenvalue weighted by atomic mass is 16.5. The fraction of sp³-hybridized carbons (Fsp3) is 0.464. The lowest BCUT2D eigenvalue weighted by Crippen LogP contribution is -2.54. The van der Waals surface area contributed by atoms with Crippen LogP contribution in [-0.2, 0) is 14.3 Å². The molecular weight excluding hydrogens is 444 g/mol. The van der Waals surface area contributed by atoms with Crippen molar-refractivity contribution < 1.29 is 24.2 Å². The molecule has 0 saturated carbocycles. The Morgan fingerprint density at radius 3 is 2.11 bits per heavy atom. The number of nitrogens with zero attached hydrogens (tertiary/aromatic N) is 1. The summed E-state index contributed by atoms with van der Waals surface area (Å²) >= 11 is 0. The van der Waals surface area contributed by atoms with Gasteiger partial charge in [-0.15, -0.1) is 0 Å². The van der Waals surface area contributed by atoms with Crippen LogP contribution < -0.4 is 5.32 Å². The number of carbonyl (C=O) groups is 3. The Hall–Kier alpha value is -3.35. The van der Waals surface area contributed by atoms with Gasteiger partial charge in [-0.05, 0) is 40.5 Å². The number of rotatable bonds is 5. The number of hydrogen-bond donors (Lipinski definition) is 2. The van der Waals surface area contributed by atoms with Crippen LogP contribution in [0.4, 0.5) is 4.79 Å². The maximum absolute atomic E-state index is 13.4. The number of fused-ring (bicyclic) bond motifs is 3. The van der Waals surface area contributed by atoms with Gasteiger partial charge in [0.2, 0.25) is 5.91 Å². The highest BCUT2D eigenvalue weighted by Gasteiger charge is 2.50. The molecule has 0 unspecified atom stereocenters. The number of ether oxygens (including phenoxy) is 1. The number of likely N-dealkylation sites (tertiary alicyclic amines) is 1. The van der Waals surface area contributed by atoms with Crippen molar-refractivity contribution in [1.29, 1.82) is 0 Å². The third-order valence-corrected chi connectivity index (χ3v) is 7.62. The van der Waals surface area contributed by atoms with Gasteiger partial charge in [0.05, 0.1) is 5.41 Å². The number of alkyl carbamates (subject to hydrolysis) is 1. The summed E-state index contributed by atoms with van der Waals surface area (Å²) in [6.45, 7) is 9.72. The van der Waals surface area contributed by atoms with Crippen LogP contribution in [0.2, 0.25) is 0 Å². The number of carbonyl (C=O) groups excluding carboxylic acids is 2. The first kappa shape index (κ1) is 24.8. The lowest BCUT2D eigenvalue weighted by atomic mass is 9.81. The monoisotopic (exact) mass is 478 g/mol. The first-order valence-corrected chi connectivity index (χ1v) is 12.1. The highest BCUT2D eigenvalue weighted by molar-refractivity contribution is 5.88. The summed E-state index contributed by atoms with van der Waals surface area (Å²) in [6, 6.07) is 15.4. The molecule has 2 aromatic carbocycles. The third-order valence-electron chi connectivity index (χ3n) is 7.62. The van der Waals surface area contributed by atoms with E-state index < -0.39 is 28.9 Å². The van der Waals surface area contributed by atoms with Crippen molar-refractivity contribution in [3.8, 4) is 11.1 Å². The third kappa shape index (κ3) is 4.51. The van der Waals surface area contributed by atoms with E-state index in [9.17, 15) is 19.5 Å². The summed E-state index contributed by atoms with van der Waals surface area (Å²) in [4.78, 5) is 39.7. The molecular formula is C28H34N2O5. The Morgan fingerprint density at radius 2 is 1.63 bits per heavy atom. The minimum Gasteiger partial charge on any atom is -0.481 e. The summed E-state index contributed by atoms with van der Waals surface area (Å²) in [5.74, 6) is -1.48. The fourth-order valence-corrected chi connectivity index (χ4v) is 5.18. The van der Waals surface area contributed by atoms with Gasteiger partial charge in [-0.2, -0.15) is 0 Å². The van der Waals surface area contributed by atoms with Gasteiger partial charge in [0.15, 0.2) is 0 Å². The molecule has 35 heavy (non-hydrogen) atoms. The SMILES string of the molecule is C[C@@H]1CN(C(=O)[C@H](NC(=O)OCC2c3ccccc3-c3ccccc32)C(C)(C)C)C[C@@]1(C)C(=O)O. The average molecular weight is 479 g/mol. The van der Waals surface area contributed by atoms with Gasteiger partial charge >= 0.3 is 12.1 Å². The Balaban J connectivity index is 1.46. The standard InChI is InChI=1S/C28H34N2O5/c1-17-14-30(16-28(17,5)25(32)33)24(31)23(27(2,3)4)29-26(34)35-15-22-20-12-8-6-10-18(20)19-11-7-9-13-21(19)22/h6-13,17,22-23H,14-16H2,1-5H3,(H,29,34)(H,32,33)/t17-,23+,28-/m1/s1. The molecule has 0 spiro atoms. The molecule has 2 N–H and O–H groups in total. The predicted molar refractivity (Wildman–Crippen MR) is 133 cm³/mol. The van der Waals surface area contributed by atoms with Gasteiger partial charge in [-0.1, -0.05) is 76.2 Å². The number of benzene rings is 2. The lowest BCUT2D eigenvalue weighted by Gasteiger charge is -2.33. The maximum Gasteiger partial charge on any atom is 0.407 e. The van der Waals surface area contributed by atoms with Crippen molar-refractivity contribution in [1.82, 2.24) is 10.2 Å². The molecule has 7 nitrogen and oxygen atoms in total. The molecule has 3 atom stereocenters. The molecule has 2 aromatic rings. The number of aliphatic carboxylic acids is 1. The topological polar surface area (TPSA) is 95.9 Å². The Morgan fingerprint density at radius 1 is 1.09 bits per heavy atom. The van der Waals surface area contributed by atoms with Crippen LogP contribution in [0.5, 0.6) is 0 Å². The molecule has 0 radical (unpaired) electrons. The van der Waals surface area contributed by atoms with Crippen LogP contribution in [0.3, 0.4) is 0 Å². The largest absolute Gasteiger partial charge is 0.481 e. The maximum atomic E-state index is 13.4. The Bertz CT molecular complexity index is 1110. The van der Waals surface area contributed by atoms with E-state index in [1.807, 2.05) is 52.0 Å². The highest BCUT2D eigenvalue weighted by Crippen LogP contribution is 2.44. The number of carboxylic acid groups (broad SMARTS) is 1. The molecule has 1 fully saturated rings. The van der Waals surface area contributed by atoms with Gasteiger partial charge < -0.3 is 20.1 Å². The fourth-order valence-electron chi connectivity index (χ4n) is 5.18. The van der Waals surface area contributed by atoms with Gasteiger partial charge in [0, 0.05) is 19.0 Å². The van der Waals surface area contributed by atoms with E-state index in [2.05, 4.69) is 29.6 Å². The average Bonchev–Trinajstić information content (AvgIpc) is 3.30. The van der Waals surface area contributed by atoms with E-state index in [4.69, 9.17) is 4.74 Å². The number of hydrogen-bond acceptors (Lipinski definition) is 4. The van der Waals surface area contributed by atoms with Crippen molar-refractivity contribution in [2.75, 3.05) is 19.7 Å². The van der Waals surface area contributed by atoms with Crippen LogP contribution >= 0.6 is 0 Å². The summed E-state index contributed by atoms with van der Waals surface area (Å²) < 4.78 is 5.66. The lowest BCUT2D eigenvalue weighted by molar-refractivity contribution is -0.149. The molecule has 7 heteroatoms. The van der Waals surface area contributed by atoms with Gasteiger partial charge in [0.1, 0.15) is 12.6 Å². The zero-order chi connectivity index (χ0) is 25.5. The Kier molecular flexibility index (Phi) is 6.38. The molecule has 1 saturated heterocycles. The molecule has 4 rings (SSSR count). The molecule has 0 bridgehead atoms. The predicted octanol–water partition coefficient (Wildman–Crippen LogP) is 4.51. The van der Waals surface area contributed by atoms with Crippen LogP contribution in [0.15, 0.2) is 48.5 Å². The molecule has 186 valence electrons. The molecule has 2 amide bonds. The summed E-state index contributed by atoms with van der Waals surface area (Å²) in [5, 5.41) is 12.4.